The van der Waals surface area contributed by atoms with Gasteiger partial charge in [-0.25, -0.2) is 4.68 Å². The highest BCUT2D eigenvalue weighted by atomic mass is 35.5. The number of amides is 2. The van der Waals surface area contributed by atoms with Crippen molar-refractivity contribution < 1.29 is 22.8 Å². The largest absolute Gasteiger partial charge is 0.403 e. The Bertz CT molecular complexity index is 1530. The van der Waals surface area contributed by atoms with Gasteiger partial charge in [-0.05, 0) is 55.7 Å². The second-order valence-corrected chi connectivity index (χ2v) is 9.40. The summed E-state index contributed by atoms with van der Waals surface area (Å²) in [5, 5.41) is 10.8. The van der Waals surface area contributed by atoms with Crippen molar-refractivity contribution in [1.82, 2.24) is 20.1 Å². The molecule has 11 heteroatoms. The maximum Gasteiger partial charge on any atom is 0.403 e. The van der Waals surface area contributed by atoms with Crippen LogP contribution in [-0.4, -0.2) is 32.8 Å². The Hall–Kier alpha value is -3.92. The molecule has 0 unspecified atom stereocenters. The number of hydrogen-bond acceptors (Lipinski definition) is 4. The van der Waals surface area contributed by atoms with Crippen LogP contribution in [0, 0.1) is 12.3 Å². The molecule has 1 aliphatic carbocycles. The minimum Gasteiger partial charge on any atom is -0.351 e. The van der Waals surface area contributed by atoms with Gasteiger partial charge in [0.25, 0.3) is 5.91 Å². The van der Waals surface area contributed by atoms with Gasteiger partial charge in [0.1, 0.15) is 5.41 Å². The first-order chi connectivity index (χ1) is 17.6. The molecule has 37 heavy (non-hydrogen) atoms. The topological polar surface area (TPSA) is 88.9 Å². The van der Waals surface area contributed by atoms with Gasteiger partial charge < -0.3 is 10.6 Å². The monoisotopic (exact) mass is 527 g/mol. The number of alkyl halides is 3. The zero-order valence-corrected chi connectivity index (χ0v) is 20.3. The van der Waals surface area contributed by atoms with E-state index in [-0.39, 0.29) is 19.4 Å². The molecule has 4 aromatic rings. The van der Waals surface area contributed by atoms with E-state index in [0.29, 0.717) is 32.9 Å². The fourth-order valence-corrected chi connectivity index (χ4v) is 4.36. The first-order valence-electron chi connectivity index (χ1n) is 11.4. The molecule has 1 aliphatic rings. The van der Waals surface area contributed by atoms with Gasteiger partial charge in [-0.1, -0.05) is 29.8 Å². The highest BCUT2D eigenvalue weighted by Gasteiger charge is 2.68. The quantitative estimate of drug-likeness (QED) is 0.342. The van der Waals surface area contributed by atoms with Crippen molar-refractivity contribution in [3.63, 3.8) is 0 Å². The maximum absolute atomic E-state index is 13.2. The van der Waals surface area contributed by atoms with E-state index in [1.165, 1.54) is 6.07 Å². The number of halogens is 4. The van der Waals surface area contributed by atoms with Crippen molar-refractivity contribution >= 4 is 40.0 Å². The summed E-state index contributed by atoms with van der Waals surface area (Å²) in [7, 11) is 0. The lowest BCUT2D eigenvalue weighted by atomic mass is 10.1. The number of pyridine rings is 1. The third-order valence-corrected chi connectivity index (χ3v) is 6.72. The lowest BCUT2D eigenvalue weighted by Gasteiger charge is -2.18. The normalized spacial score (nSPS) is 14.4. The van der Waals surface area contributed by atoms with Gasteiger partial charge in [-0.15, -0.1) is 0 Å². The van der Waals surface area contributed by atoms with Crippen molar-refractivity contribution in [2.45, 2.75) is 32.5 Å². The van der Waals surface area contributed by atoms with Crippen LogP contribution < -0.4 is 10.6 Å². The molecular weight excluding hydrogens is 507 g/mol. The summed E-state index contributed by atoms with van der Waals surface area (Å²) in [4.78, 5) is 29.3. The van der Waals surface area contributed by atoms with Gasteiger partial charge in [0.05, 0.1) is 28.1 Å². The second kappa shape index (κ2) is 9.19. The molecule has 2 heterocycles. The van der Waals surface area contributed by atoms with Crippen LogP contribution in [0.1, 0.15) is 34.5 Å². The number of nitrogens with one attached hydrogen (secondary N) is 2. The molecule has 7 nitrogen and oxygen atoms in total. The Kier molecular flexibility index (Phi) is 6.15. The number of carbonyl (C=O) groups is 2. The predicted molar refractivity (Wildman–Crippen MR) is 133 cm³/mol. The fraction of sp³-hybridized carbons (Fsp3) is 0.231. The predicted octanol–water partition coefficient (Wildman–Crippen LogP) is 5.59. The summed E-state index contributed by atoms with van der Waals surface area (Å²) in [6.07, 6.45) is -1.82. The molecular formula is C26H21ClF3N5O2. The minimum atomic E-state index is -4.57. The molecule has 0 bridgehead atoms. The summed E-state index contributed by atoms with van der Waals surface area (Å²) in [6, 6.07) is 13.5. The number of benzene rings is 2. The first-order valence-corrected chi connectivity index (χ1v) is 11.8. The van der Waals surface area contributed by atoms with Crippen LogP contribution in [0.5, 0.6) is 0 Å². The molecule has 2 N–H and O–H groups in total. The molecule has 0 aliphatic heterocycles. The van der Waals surface area contributed by atoms with Crippen LogP contribution in [0.2, 0.25) is 5.02 Å². The van der Waals surface area contributed by atoms with Crippen molar-refractivity contribution in [1.29, 1.82) is 0 Å². The van der Waals surface area contributed by atoms with Crippen molar-refractivity contribution in [2.75, 3.05) is 5.32 Å². The minimum absolute atomic E-state index is 0.119. The number of aromatic nitrogens is 3. The van der Waals surface area contributed by atoms with E-state index in [0.717, 1.165) is 11.2 Å². The smallest absolute Gasteiger partial charge is 0.351 e. The van der Waals surface area contributed by atoms with Crippen LogP contribution in [0.25, 0.3) is 16.6 Å². The number of carbonyl (C=O) groups excluding carboxylic acids is 2. The standard InChI is InChI=1S/C26H21ClF3N5O2/c1-15-10-22(19(27)14-31-15)35-21-7-3-6-20(18(21)13-33-35)34-23(36)17-5-2-4-16(11-17)12-32-24(37)25(8-9-25)26(28,29)30/h2-7,10-11,13-14H,8-9,12H2,1H3,(H,32,37)(H,34,36). The molecule has 2 aromatic heterocycles. The Morgan fingerprint density at radius 1 is 1.11 bits per heavy atom. The number of rotatable bonds is 6. The Morgan fingerprint density at radius 2 is 1.86 bits per heavy atom. The van der Waals surface area contributed by atoms with E-state index in [1.807, 2.05) is 19.1 Å². The third-order valence-electron chi connectivity index (χ3n) is 6.43. The number of hydrogen-bond donors (Lipinski definition) is 2. The van der Waals surface area contributed by atoms with Gasteiger partial charge in [0.2, 0.25) is 5.91 Å². The van der Waals surface area contributed by atoms with E-state index in [1.54, 1.807) is 47.4 Å². The second-order valence-electron chi connectivity index (χ2n) is 8.99. The SMILES string of the molecule is Cc1cc(-n2ncc3c(NC(=O)c4cccc(CNC(=O)C5(C(F)(F)F)CC5)c4)cccc32)c(Cl)cn1. The molecule has 2 amide bonds. The Labute approximate surface area is 214 Å². The lowest BCUT2D eigenvalue weighted by molar-refractivity contribution is -0.192. The fourth-order valence-electron chi connectivity index (χ4n) is 4.18. The van der Waals surface area contributed by atoms with Crippen molar-refractivity contribution in [2.24, 2.45) is 5.41 Å². The number of aryl methyl sites for hydroxylation is 1. The highest BCUT2D eigenvalue weighted by Crippen LogP contribution is 2.57. The summed E-state index contributed by atoms with van der Waals surface area (Å²) >= 11 is 6.33. The Balaban J connectivity index is 1.33. The molecule has 190 valence electrons. The average molecular weight is 528 g/mol. The first kappa shape index (κ1) is 24.8. The molecule has 5 rings (SSSR count). The van der Waals surface area contributed by atoms with Crippen molar-refractivity contribution in [3.05, 3.63) is 82.8 Å². The molecule has 0 atom stereocenters. The number of nitrogens with zero attached hydrogens (tertiary/aromatic N) is 3. The molecule has 1 saturated carbocycles. The maximum atomic E-state index is 13.2. The highest BCUT2D eigenvalue weighted by molar-refractivity contribution is 6.32. The van der Waals surface area contributed by atoms with Gasteiger partial charge in [-0.2, -0.15) is 18.3 Å². The summed E-state index contributed by atoms with van der Waals surface area (Å²) in [5.74, 6) is -1.46. The van der Waals surface area contributed by atoms with Gasteiger partial charge in [0, 0.05) is 29.4 Å². The average Bonchev–Trinajstić information content (AvgIpc) is 3.59. The number of fused-ring (bicyclic) bond motifs is 1. The van der Waals surface area contributed by atoms with E-state index < -0.39 is 23.4 Å². The molecule has 2 aromatic carbocycles. The van der Waals surface area contributed by atoms with Crippen LogP contribution in [0.15, 0.2) is 60.9 Å². The molecule has 1 fully saturated rings. The summed E-state index contributed by atoms with van der Waals surface area (Å²) in [6.45, 7) is 1.73. The lowest BCUT2D eigenvalue weighted by Crippen LogP contribution is -2.40. The third kappa shape index (κ3) is 4.64. The Morgan fingerprint density at radius 3 is 2.59 bits per heavy atom. The van der Waals surface area contributed by atoms with Crippen LogP contribution in [0.3, 0.4) is 0 Å². The van der Waals surface area contributed by atoms with Gasteiger partial charge in [-0.3, -0.25) is 14.6 Å². The molecule has 0 spiro atoms. The van der Waals surface area contributed by atoms with E-state index in [2.05, 4.69) is 20.7 Å². The summed E-state index contributed by atoms with van der Waals surface area (Å²) in [5.41, 5.74) is 1.18. The van der Waals surface area contributed by atoms with Crippen LogP contribution in [0.4, 0.5) is 18.9 Å². The van der Waals surface area contributed by atoms with E-state index in [4.69, 9.17) is 11.6 Å². The molecule has 0 radical (unpaired) electrons. The molecule has 0 saturated heterocycles. The number of anilines is 1. The zero-order chi connectivity index (χ0) is 26.4. The van der Waals surface area contributed by atoms with Crippen LogP contribution in [-0.2, 0) is 11.3 Å². The van der Waals surface area contributed by atoms with E-state index in [9.17, 15) is 22.8 Å². The van der Waals surface area contributed by atoms with Gasteiger partial charge >= 0.3 is 6.18 Å². The van der Waals surface area contributed by atoms with Gasteiger partial charge in [0.15, 0.2) is 0 Å². The van der Waals surface area contributed by atoms with Crippen molar-refractivity contribution in [3.8, 4) is 5.69 Å². The zero-order valence-electron chi connectivity index (χ0n) is 19.6. The van der Waals surface area contributed by atoms with Crippen LogP contribution >= 0.6 is 11.6 Å². The van der Waals surface area contributed by atoms with E-state index >= 15 is 0 Å². The summed E-state index contributed by atoms with van der Waals surface area (Å²) < 4.78 is 41.2.